The molecule has 0 aromatic heterocycles. The normalized spacial score (nSPS) is 10.1. The third-order valence-corrected chi connectivity index (χ3v) is 3.12. The van der Waals surface area contributed by atoms with Crippen molar-refractivity contribution in [2.45, 2.75) is 13.5 Å². The van der Waals surface area contributed by atoms with Crippen LogP contribution in [-0.4, -0.2) is 11.7 Å². The third kappa shape index (κ3) is 4.39. The SMILES string of the molecule is CCOc1ccccc1NC(=S)NCc1ccc(F)c(F)c1. The highest BCUT2D eigenvalue weighted by atomic mass is 32.1. The second kappa shape index (κ2) is 7.70. The number of nitrogens with one attached hydrogen (secondary N) is 2. The monoisotopic (exact) mass is 322 g/mol. The lowest BCUT2D eigenvalue weighted by Gasteiger charge is -2.14. The van der Waals surface area contributed by atoms with Crippen LogP contribution in [0.5, 0.6) is 5.75 Å². The minimum atomic E-state index is -0.875. The minimum Gasteiger partial charge on any atom is -0.492 e. The first-order valence-electron chi connectivity index (χ1n) is 6.80. The molecule has 0 spiro atoms. The van der Waals surface area contributed by atoms with Crippen molar-refractivity contribution in [1.29, 1.82) is 0 Å². The zero-order valence-electron chi connectivity index (χ0n) is 12.0. The second-order valence-electron chi connectivity index (χ2n) is 4.49. The number of thiocarbonyl (C=S) groups is 1. The number of halogens is 2. The summed E-state index contributed by atoms with van der Waals surface area (Å²) < 4.78 is 31.5. The number of benzene rings is 2. The summed E-state index contributed by atoms with van der Waals surface area (Å²) >= 11 is 5.19. The quantitative estimate of drug-likeness (QED) is 0.819. The number of ether oxygens (including phenoxy) is 1. The molecule has 0 aliphatic rings. The lowest BCUT2D eigenvalue weighted by atomic mass is 10.2. The molecule has 116 valence electrons. The number of para-hydroxylation sites is 2. The summed E-state index contributed by atoms with van der Waals surface area (Å²) in [7, 11) is 0. The molecule has 0 saturated carbocycles. The Hall–Kier alpha value is -2.21. The Bertz CT molecular complexity index is 664. The van der Waals surface area contributed by atoms with E-state index < -0.39 is 11.6 Å². The molecule has 0 atom stereocenters. The van der Waals surface area contributed by atoms with Crippen molar-refractivity contribution in [2.24, 2.45) is 0 Å². The number of anilines is 1. The van der Waals surface area contributed by atoms with Gasteiger partial charge in [-0.3, -0.25) is 0 Å². The first-order chi connectivity index (χ1) is 10.6. The van der Waals surface area contributed by atoms with Gasteiger partial charge >= 0.3 is 0 Å². The highest BCUT2D eigenvalue weighted by molar-refractivity contribution is 7.80. The maximum Gasteiger partial charge on any atom is 0.171 e. The van der Waals surface area contributed by atoms with E-state index in [1.807, 2.05) is 31.2 Å². The van der Waals surface area contributed by atoms with Crippen LogP contribution in [-0.2, 0) is 6.54 Å². The van der Waals surface area contributed by atoms with Gasteiger partial charge in [0.1, 0.15) is 5.75 Å². The van der Waals surface area contributed by atoms with Crippen molar-refractivity contribution in [3.05, 3.63) is 59.7 Å². The molecule has 0 radical (unpaired) electrons. The molecule has 2 rings (SSSR count). The molecular weight excluding hydrogens is 306 g/mol. The van der Waals surface area contributed by atoms with Gasteiger partial charge in [-0.15, -0.1) is 0 Å². The maximum atomic E-state index is 13.1. The lowest BCUT2D eigenvalue weighted by molar-refractivity contribution is 0.342. The Morgan fingerprint density at radius 2 is 1.91 bits per heavy atom. The maximum absolute atomic E-state index is 13.1. The van der Waals surface area contributed by atoms with Crippen LogP contribution < -0.4 is 15.4 Å². The molecule has 6 heteroatoms. The molecule has 2 N–H and O–H groups in total. The fourth-order valence-corrected chi connectivity index (χ4v) is 2.03. The van der Waals surface area contributed by atoms with Crippen LogP contribution in [0.15, 0.2) is 42.5 Å². The summed E-state index contributed by atoms with van der Waals surface area (Å²) in [5, 5.41) is 6.33. The van der Waals surface area contributed by atoms with E-state index in [9.17, 15) is 8.78 Å². The molecule has 0 saturated heterocycles. The molecule has 0 amide bonds. The van der Waals surface area contributed by atoms with E-state index >= 15 is 0 Å². The van der Waals surface area contributed by atoms with Gasteiger partial charge in [0.2, 0.25) is 0 Å². The fraction of sp³-hybridized carbons (Fsp3) is 0.188. The first kappa shape index (κ1) is 16.2. The van der Waals surface area contributed by atoms with Gasteiger partial charge < -0.3 is 15.4 Å². The second-order valence-corrected chi connectivity index (χ2v) is 4.89. The summed E-state index contributed by atoms with van der Waals surface area (Å²) in [6.07, 6.45) is 0. The molecule has 0 aliphatic heterocycles. The van der Waals surface area contributed by atoms with Gasteiger partial charge in [-0.05, 0) is 49.0 Å². The van der Waals surface area contributed by atoms with Crippen molar-refractivity contribution >= 4 is 23.0 Å². The molecule has 3 nitrogen and oxygen atoms in total. The fourth-order valence-electron chi connectivity index (χ4n) is 1.85. The van der Waals surface area contributed by atoms with E-state index in [2.05, 4.69) is 10.6 Å². The van der Waals surface area contributed by atoms with Gasteiger partial charge in [0.15, 0.2) is 16.7 Å². The zero-order valence-corrected chi connectivity index (χ0v) is 12.8. The standard InChI is InChI=1S/C16H16F2N2OS/c1-2-21-15-6-4-3-5-14(15)20-16(22)19-10-11-7-8-12(17)13(18)9-11/h3-9H,2,10H2,1H3,(H2,19,20,22). The largest absolute Gasteiger partial charge is 0.492 e. The van der Waals surface area contributed by atoms with Crippen molar-refractivity contribution < 1.29 is 13.5 Å². The van der Waals surface area contributed by atoms with Crippen molar-refractivity contribution in [1.82, 2.24) is 5.32 Å². The van der Waals surface area contributed by atoms with Gasteiger partial charge in [0, 0.05) is 6.54 Å². The van der Waals surface area contributed by atoms with Crippen LogP contribution in [0, 0.1) is 11.6 Å². The van der Waals surface area contributed by atoms with E-state index in [4.69, 9.17) is 17.0 Å². The molecule has 22 heavy (non-hydrogen) atoms. The van der Waals surface area contributed by atoms with Crippen LogP contribution in [0.25, 0.3) is 0 Å². The molecular formula is C16H16F2N2OS. The molecule has 2 aromatic rings. The molecule has 0 fully saturated rings. The van der Waals surface area contributed by atoms with E-state index in [1.54, 1.807) is 0 Å². The number of hydrogen-bond acceptors (Lipinski definition) is 2. The average molecular weight is 322 g/mol. The van der Waals surface area contributed by atoms with E-state index in [0.717, 1.165) is 17.8 Å². The minimum absolute atomic E-state index is 0.292. The first-order valence-corrected chi connectivity index (χ1v) is 7.21. The highest BCUT2D eigenvalue weighted by Crippen LogP contribution is 2.23. The van der Waals surface area contributed by atoms with E-state index in [1.165, 1.54) is 6.07 Å². The number of rotatable bonds is 5. The summed E-state index contributed by atoms with van der Waals surface area (Å²) in [6.45, 7) is 2.74. The van der Waals surface area contributed by atoms with E-state index in [-0.39, 0.29) is 0 Å². The molecule has 2 aromatic carbocycles. The van der Waals surface area contributed by atoms with Crippen LogP contribution >= 0.6 is 12.2 Å². The van der Waals surface area contributed by atoms with Crippen LogP contribution in [0.3, 0.4) is 0 Å². The predicted molar refractivity (Wildman–Crippen MR) is 87.0 cm³/mol. The molecule has 0 heterocycles. The Kier molecular flexibility index (Phi) is 5.66. The Morgan fingerprint density at radius 3 is 2.64 bits per heavy atom. The van der Waals surface area contributed by atoms with Crippen molar-refractivity contribution in [3.63, 3.8) is 0 Å². The topological polar surface area (TPSA) is 33.3 Å². The predicted octanol–water partition coefficient (Wildman–Crippen LogP) is 3.85. The lowest BCUT2D eigenvalue weighted by Crippen LogP contribution is -2.28. The Labute approximate surface area is 133 Å². The summed E-state index contributed by atoms with van der Waals surface area (Å²) in [5.41, 5.74) is 1.34. The van der Waals surface area contributed by atoms with Crippen LogP contribution in [0.1, 0.15) is 12.5 Å². The average Bonchev–Trinajstić information content (AvgIpc) is 2.51. The zero-order chi connectivity index (χ0) is 15.9. The number of hydrogen-bond donors (Lipinski definition) is 2. The smallest absolute Gasteiger partial charge is 0.171 e. The summed E-state index contributed by atoms with van der Waals surface area (Å²) in [5.74, 6) is -1.04. The van der Waals surface area contributed by atoms with Gasteiger partial charge in [-0.25, -0.2) is 8.78 Å². The summed E-state index contributed by atoms with van der Waals surface area (Å²) in [4.78, 5) is 0. The third-order valence-electron chi connectivity index (χ3n) is 2.87. The highest BCUT2D eigenvalue weighted by Gasteiger charge is 2.06. The van der Waals surface area contributed by atoms with Crippen LogP contribution in [0.2, 0.25) is 0 Å². The molecule has 0 unspecified atom stereocenters. The van der Waals surface area contributed by atoms with Gasteiger partial charge in [0.05, 0.1) is 12.3 Å². The van der Waals surface area contributed by atoms with Crippen molar-refractivity contribution in [2.75, 3.05) is 11.9 Å². The molecule has 0 bridgehead atoms. The Balaban J connectivity index is 1.94. The van der Waals surface area contributed by atoms with Gasteiger partial charge in [-0.1, -0.05) is 18.2 Å². The van der Waals surface area contributed by atoms with Gasteiger partial charge in [0.25, 0.3) is 0 Å². The van der Waals surface area contributed by atoms with E-state index in [0.29, 0.717) is 29.6 Å². The molecule has 0 aliphatic carbocycles. The summed E-state index contributed by atoms with van der Waals surface area (Å²) in [6, 6.07) is 11.1. The van der Waals surface area contributed by atoms with Crippen LogP contribution in [0.4, 0.5) is 14.5 Å². The van der Waals surface area contributed by atoms with Crippen molar-refractivity contribution in [3.8, 4) is 5.75 Å². The Morgan fingerprint density at radius 1 is 1.14 bits per heavy atom. The van der Waals surface area contributed by atoms with Gasteiger partial charge in [-0.2, -0.15) is 0 Å².